The smallest absolute Gasteiger partial charge is 0.277 e. The van der Waals surface area contributed by atoms with Crippen LogP contribution in [0, 0.1) is 24.0 Å². The van der Waals surface area contributed by atoms with Crippen molar-refractivity contribution in [2.75, 3.05) is 6.61 Å². The first-order valence-corrected chi connectivity index (χ1v) is 7.65. The number of carbonyl (C=O) groups excluding carboxylic acids is 1. The summed E-state index contributed by atoms with van der Waals surface area (Å²) in [6.45, 7) is 6.32. The molecule has 0 unspecified atom stereocenters. The van der Waals surface area contributed by atoms with Crippen molar-refractivity contribution in [3.8, 4) is 5.75 Å². The Morgan fingerprint density at radius 2 is 2.08 bits per heavy atom. The van der Waals surface area contributed by atoms with Crippen LogP contribution in [-0.2, 0) is 11.3 Å². The van der Waals surface area contributed by atoms with Gasteiger partial charge in [-0.1, -0.05) is 0 Å². The minimum atomic E-state index is -0.504. The number of hydrogen-bond donors (Lipinski definition) is 1. The highest BCUT2D eigenvalue weighted by Crippen LogP contribution is 2.17. The topological polar surface area (TPSA) is 112 Å². The molecule has 2 rings (SSSR count). The fourth-order valence-electron chi connectivity index (χ4n) is 2.22. The molecule has 0 aliphatic rings. The van der Waals surface area contributed by atoms with E-state index in [1.807, 2.05) is 25.5 Å². The summed E-state index contributed by atoms with van der Waals surface area (Å²) >= 11 is 0. The molecule has 0 fully saturated rings. The SMILES string of the molecule is CCn1nc(C)c(C=NNC(=O)COc2ccc([N+](=O)[O-])cc2)c1C. The molecule has 1 aromatic heterocycles. The lowest BCUT2D eigenvalue weighted by molar-refractivity contribution is -0.384. The summed E-state index contributed by atoms with van der Waals surface area (Å²) in [6.07, 6.45) is 1.55. The van der Waals surface area contributed by atoms with Gasteiger partial charge in [-0.25, -0.2) is 5.43 Å². The van der Waals surface area contributed by atoms with Gasteiger partial charge in [0.1, 0.15) is 5.75 Å². The molecule has 0 atom stereocenters. The lowest BCUT2D eigenvalue weighted by atomic mass is 10.2. The highest BCUT2D eigenvalue weighted by Gasteiger charge is 2.09. The third kappa shape index (κ3) is 4.63. The number of non-ortho nitro benzene ring substituents is 1. The third-order valence-electron chi connectivity index (χ3n) is 3.54. The predicted molar refractivity (Wildman–Crippen MR) is 91.7 cm³/mol. The lowest BCUT2D eigenvalue weighted by Gasteiger charge is -2.04. The van der Waals surface area contributed by atoms with Crippen LogP contribution in [0.1, 0.15) is 23.9 Å². The summed E-state index contributed by atoms with van der Waals surface area (Å²) in [4.78, 5) is 21.8. The highest BCUT2D eigenvalue weighted by molar-refractivity contribution is 5.84. The molecule has 0 aliphatic carbocycles. The Morgan fingerprint density at radius 3 is 2.64 bits per heavy atom. The van der Waals surface area contributed by atoms with Crippen LogP contribution in [0.4, 0.5) is 5.69 Å². The molecular formula is C16H19N5O4. The molecule has 0 radical (unpaired) electrons. The van der Waals surface area contributed by atoms with Crippen molar-refractivity contribution in [1.29, 1.82) is 0 Å². The number of hydrogen-bond acceptors (Lipinski definition) is 6. The van der Waals surface area contributed by atoms with Crippen LogP contribution in [0.15, 0.2) is 29.4 Å². The molecular weight excluding hydrogens is 326 g/mol. The van der Waals surface area contributed by atoms with E-state index in [2.05, 4.69) is 15.6 Å². The van der Waals surface area contributed by atoms with Gasteiger partial charge in [-0.05, 0) is 32.9 Å². The van der Waals surface area contributed by atoms with E-state index >= 15 is 0 Å². The predicted octanol–water partition coefficient (Wildman–Crippen LogP) is 1.96. The lowest BCUT2D eigenvalue weighted by Crippen LogP contribution is -2.24. The van der Waals surface area contributed by atoms with Crippen LogP contribution in [0.5, 0.6) is 5.75 Å². The molecule has 2 aromatic rings. The molecule has 1 heterocycles. The maximum atomic E-state index is 11.7. The van der Waals surface area contributed by atoms with Gasteiger partial charge in [0, 0.05) is 29.9 Å². The van der Waals surface area contributed by atoms with Crippen LogP contribution in [-0.4, -0.2) is 33.4 Å². The van der Waals surface area contributed by atoms with Crippen LogP contribution in [0.2, 0.25) is 0 Å². The van der Waals surface area contributed by atoms with Crippen LogP contribution < -0.4 is 10.2 Å². The first-order valence-electron chi connectivity index (χ1n) is 7.65. The largest absolute Gasteiger partial charge is 0.484 e. The second kappa shape index (κ2) is 8.04. The average molecular weight is 345 g/mol. The molecule has 0 saturated carbocycles. The summed E-state index contributed by atoms with van der Waals surface area (Å²) in [5, 5.41) is 18.8. The number of nitro benzene ring substituents is 1. The van der Waals surface area contributed by atoms with E-state index in [1.54, 1.807) is 6.21 Å². The fourth-order valence-corrected chi connectivity index (χ4v) is 2.22. The van der Waals surface area contributed by atoms with Crippen molar-refractivity contribution in [2.24, 2.45) is 5.10 Å². The summed E-state index contributed by atoms with van der Waals surface area (Å²) in [5.74, 6) is -0.0755. The van der Waals surface area contributed by atoms with Gasteiger partial charge in [0.05, 0.1) is 16.8 Å². The molecule has 1 amide bonds. The highest BCUT2D eigenvalue weighted by atomic mass is 16.6. The van der Waals surface area contributed by atoms with E-state index in [9.17, 15) is 14.9 Å². The van der Waals surface area contributed by atoms with Crippen molar-refractivity contribution in [1.82, 2.24) is 15.2 Å². The molecule has 1 aromatic carbocycles. The Hall–Kier alpha value is -3.23. The van der Waals surface area contributed by atoms with Crippen LogP contribution in [0.3, 0.4) is 0 Å². The number of aromatic nitrogens is 2. The second-order valence-electron chi connectivity index (χ2n) is 5.23. The molecule has 9 nitrogen and oxygen atoms in total. The molecule has 0 spiro atoms. The Morgan fingerprint density at radius 1 is 1.40 bits per heavy atom. The zero-order valence-corrected chi connectivity index (χ0v) is 14.2. The summed E-state index contributed by atoms with van der Waals surface area (Å²) in [7, 11) is 0. The average Bonchev–Trinajstić information content (AvgIpc) is 2.87. The van der Waals surface area contributed by atoms with E-state index in [0.717, 1.165) is 23.5 Å². The number of carbonyl (C=O) groups is 1. The van der Waals surface area contributed by atoms with E-state index in [0.29, 0.717) is 5.75 Å². The molecule has 0 bridgehead atoms. The van der Waals surface area contributed by atoms with Gasteiger partial charge in [0.25, 0.3) is 11.6 Å². The number of hydrazone groups is 1. The number of aryl methyl sites for hydroxylation is 2. The van der Waals surface area contributed by atoms with Crippen LogP contribution >= 0.6 is 0 Å². The van der Waals surface area contributed by atoms with E-state index in [1.165, 1.54) is 24.3 Å². The van der Waals surface area contributed by atoms with Crippen molar-refractivity contribution in [2.45, 2.75) is 27.3 Å². The number of rotatable bonds is 7. The van der Waals surface area contributed by atoms with Gasteiger partial charge in [-0.3, -0.25) is 19.6 Å². The van der Waals surface area contributed by atoms with E-state index in [4.69, 9.17) is 4.74 Å². The molecule has 0 saturated heterocycles. The maximum absolute atomic E-state index is 11.7. The number of amides is 1. The first kappa shape index (κ1) is 18.1. The zero-order chi connectivity index (χ0) is 18.4. The number of benzene rings is 1. The van der Waals surface area contributed by atoms with Crippen molar-refractivity contribution in [3.63, 3.8) is 0 Å². The Bertz CT molecular complexity index is 796. The normalized spacial score (nSPS) is 10.8. The van der Waals surface area contributed by atoms with Gasteiger partial charge in [0.2, 0.25) is 0 Å². The monoisotopic (exact) mass is 345 g/mol. The minimum absolute atomic E-state index is 0.0419. The number of ether oxygens (including phenoxy) is 1. The van der Waals surface area contributed by atoms with Gasteiger partial charge in [-0.15, -0.1) is 0 Å². The number of nitrogens with one attached hydrogen (secondary N) is 1. The summed E-state index contributed by atoms with van der Waals surface area (Å²) < 4.78 is 7.11. The van der Waals surface area contributed by atoms with Gasteiger partial charge in [-0.2, -0.15) is 10.2 Å². The van der Waals surface area contributed by atoms with Gasteiger partial charge in [0.15, 0.2) is 6.61 Å². The van der Waals surface area contributed by atoms with Crippen LogP contribution in [0.25, 0.3) is 0 Å². The van der Waals surface area contributed by atoms with Gasteiger partial charge < -0.3 is 4.74 Å². The molecule has 0 aliphatic heterocycles. The number of nitro groups is 1. The standard InChI is InChI=1S/C16H19N5O4/c1-4-20-12(3)15(11(2)19-20)9-17-18-16(22)10-25-14-7-5-13(6-8-14)21(23)24/h5-9H,4,10H2,1-3H3,(H,18,22). The third-order valence-corrected chi connectivity index (χ3v) is 3.54. The Labute approximate surface area is 144 Å². The van der Waals surface area contributed by atoms with E-state index < -0.39 is 10.8 Å². The Kier molecular flexibility index (Phi) is 5.83. The zero-order valence-electron chi connectivity index (χ0n) is 14.2. The van der Waals surface area contributed by atoms with Crippen molar-refractivity contribution >= 4 is 17.8 Å². The summed E-state index contributed by atoms with van der Waals surface area (Å²) in [6, 6.07) is 5.48. The molecule has 132 valence electrons. The van der Waals surface area contributed by atoms with E-state index in [-0.39, 0.29) is 12.3 Å². The van der Waals surface area contributed by atoms with Crippen molar-refractivity contribution < 1.29 is 14.5 Å². The second-order valence-corrected chi connectivity index (χ2v) is 5.23. The number of nitrogens with zero attached hydrogens (tertiary/aromatic N) is 4. The molecule has 25 heavy (non-hydrogen) atoms. The quantitative estimate of drug-likeness (QED) is 0.468. The maximum Gasteiger partial charge on any atom is 0.277 e. The first-order chi connectivity index (χ1) is 11.9. The van der Waals surface area contributed by atoms with Gasteiger partial charge >= 0.3 is 0 Å². The van der Waals surface area contributed by atoms with Crippen molar-refractivity contribution in [3.05, 3.63) is 51.3 Å². The fraction of sp³-hybridized carbons (Fsp3) is 0.312. The summed E-state index contributed by atoms with van der Waals surface area (Å²) in [5.41, 5.74) is 5.00. The molecule has 9 heteroatoms. The molecule has 1 N–H and O–H groups in total. The Balaban J connectivity index is 1.86. The minimum Gasteiger partial charge on any atom is -0.484 e.